The second-order valence-electron chi connectivity index (χ2n) is 3.59. The molecule has 1 rings (SSSR count). The molecule has 0 aliphatic rings. The third kappa shape index (κ3) is 2.72. The van der Waals surface area contributed by atoms with Crippen LogP contribution in [0.15, 0.2) is 12.1 Å². The van der Waals surface area contributed by atoms with Crippen LogP contribution in [0.1, 0.15) is 34.8 Å². The van der Waals surface area contributed by atoms with Crippen LogP contribution >= 0.6 is 0 Å². The van der Waals surface area contributed by atoms with E-state index in [1.807, 2.05) is 20.8 Å². The predicted molar refractivity (Wildman–Crippen MR) is 58.7 cm³/mol. The molecular weight excluding hydrogens is 192 g/mol. The molecule has 0 amide bonds. The Morgan fingerprint density at radius 3 is 2.27 bits per heavy atom. The zero-order valence-electron chi connectivity index (χ0n) is 9.33. The van der Waals surface area contributed by atoms with E-state index in [9.17, 15) is 4.79 Å². The molecule has 0 unspecified atom stereocenters. The maximum absolute atomic E-state index is 10.8. The lowest BCUT2D eigenvalue weighted by Crippen LogP contribution is -2.03. The van der Waals surface area contributed by atoms with E-state index in [1.54, 1.807) is 12.1 Å². The van der Waals surface area contributed by atoms with Crippen molar-refractivity contribution in [2.24, 2.45) is 0 Å². The summed E-state index contributed by atoms with van der Waals surface area (Å²) < 4.78 is 5.56. The van der Waals surface area contributed by atoms with E-state index in [2.05, 4.69) is 0 Å². The molecule has 0 aliphatic carbocycles. The van der Waals surface area contributed by atoms with Gasteiger partial charge in [-0.3, -0.25) is 0 Å². The maximum Gasteiger partial charge on any atom is 0.335 e. The monoisotopic (exact) mass is 208 g/mol. The number of rotatable bonds is 4. The van der Waals surface area contributed by atoms with E-state index in [0.29, 0.717) is 12.2 Å². The van der Waals surface area contributed by atoms with Crippen molar-refractivity contribution in [3.63, 3.8) is 0 Å². The molecule has 15 heavy (non-hydrogen) atoms. The van der Waals surface area contributed by atoms with E-state index in [4.69, 9.17) is 9.84 Å². The Kier molecular flexibility index (Phi) is 3.72. The Bertz CT molecular complexity index is 346. The van der Waals surface area contributed by atoms with Crippen LogP contribution in [0, 0.1) is 13.8 Å². The minimum Gasteiger partial charge on any atom is -0.493 e. The van der Waals surface area contributed by atoms with Gasteiger partial charge in [0.2, 0.25) is 0 Å². The first-order valence-electron chi connectivity index (χ1n) is 5.03. The van der Waals surface area contributed by atoms with Gasteiger partial charge in [-0.1, -0.05) is 6.92 Å². The molecule has 3 heteroatoms. The molecule has 0 spiro atoms. The first-order valence-corrected chi connectivity index (χ1v) is 5.03. The van der Waals surface area contributed by atoms with E-state index in [1.165, 1.54) is 0 Å². The fourth-order valence-electron chi connectivity index (χ4n) is 1.51. The SMILES string of the molecule is CCCOc1c(C)cc(C(=O)O)cc1C. The molecule has 0 saturated carbocycles. The number of aromatic carboxylic acids is 1. The average Bonchev–Trinajstić information content (AvgIpc) is 2.16. The summed E-state index contributed by atoms with van der Waals surface area (Å²) in [5.74, 6) is -0.0925. The van der Waals surface area contributed by atoms with Gasteiger partial charge in [-0.05, 0) is 43.5 Å². The molecule has 0 bridgehead atoms. The minimum absolute atomic E-state index is 0.314. The van der Waals surface area contributed by atoms with Crippen molar-refractivity contribution < 1.29 is 14.6 Å². The van der Waals surface area contributed by atoms with Crippen LogP contribution in [0.2, 0.25) is 0 Å². The van der Waals surface area contributed by atoms with Crippen molar-refractivity contribution in [2.45, 2.75) is 27.2 Å². The van der Waals surface area contributed by atoms with Gasteiger partial charge in [0, 0.05) is 0 Å². The zero-order chi connectivity index (χ0) is 11.4. The Morgan fingerprint density at radius 1 is 1.33 bits per heavy atom. The molecular formula is C12H16O3. The first kappa shape index (κ1) is 11.6. The lowest BCUT2D eigenvalue weighted by Gasteiger charge is -2.12. The predicted octanol–water partition coefficient (Wildman–Crippen LogP) is 2.79. The summed E-state index contributed by atoms with van der Waals surface area (Å²) >= 11 is 0. The topological polar surface area (TPSA) is 46.5 Å². The van der Waals surface area contributed by atoms with Gasteiger partial charge in [0.05, 0.1) is 12.2 Å². The van der Waals surface area contributed by atoms with Crippen molar-refractivity contribution >= 4 is 5.97 Å². The van der Waals surface area contributed by atoms with E-state index in [-0.39, 0.29) is 0 Å². The number of carbonyl (C=O) groups is 1. The van der Waals surface area contributed by atoms with Crippen molar-refractivity contribution in [1.29, 1.82) is 0 Å². The number of benzene rings is 1. The number of hydrogen-bond acceptors (Lipinski definition) is 2. The molecule has 0 fully saturated rings. The van der Waals surface area contributed by atoms with Gasteiger partial charge in [0.25, 0.3) is 0 Å². The van der Waals surface area contributed by atoms with Gasteiger partial charge < -0.3 is 9.84 Å². The summed E-state index contributed by atoms with van der Waals surface area (Å²) in [6.07, 6.45) is 0.944. The minimum atomic E-state index is -0.900. The van der Waals surface area contributed by atoms with Crippen molar-refractivity contribution in [1.82, 2.24) is 0 Å². The second kappa shape index (κ2) is 4.82. The molecule has 82 valence electrons. The molecule has 0 aromatic heterocycles. The number of aryl methyl sites for hydroxylation is 2. The Balaban J connectivity index is 3.04. The van der Waals surface area contributed by atoms with Crippen LogP contribution in [-0.2, 0) is 0 Å². The van der Waals surface area contributed by atoms with Crippen molar-refractivity contribution in [3.8, 4) is 5.75 Å². The van der Waals surface area contributed by atoms with Crippen LogP contribution in [-0.4, -0.2) is 17.7 Å². The Morgan fingerprint density at radius 2 is 1.87 bits per heavy atom. The Hall–Kier alpha value is -1.51. The lowest BCUT2D eigenvalue weighted by molar-refractivity contribution is 0.0696. The van der Waals surface area contributed by atoms with Gasteiger partial charge >= 0.3 is 5.97 Å². The molecule has 0 heterocycles. The van der Waals surface area contributed by atoms with Crippen molar-refractivity contribution in [2.75, 3.05) is 6.61 Å². The molecule has 3 nitrogen and oxygen atoms in total. The maximum atomic E-state index is 10.8. The van der Waals surface area contributed by atoms with Crippen LogP contribution in [0.4, 0.5) is 0 Å². The van der Waals surface area contributed by atoms with E-state index < -0.39 is 5.97 Å². The summed E-state index contributed by atoms with van der Waals surface area (Å²) in [7, 11) is 0. The van der Waals surface area contributed by atoms with Crippen molar-refractivity contribution in [3.05, 3.63) is 28.8 Å². The van der Waals surface area contributed by atoms with Crippen LogP contribution < -0.4 is 4.74 Å². The Labute approximate surface area is 89.7 Å². The molecule has 1 aromatic rings. The molecule has 1 aromatic carbocycles. The summed E-state index contributed by atoms with van der Waals surface area (Å²) in [6, 6.07) is 3.28. The zero-order valence-corrected chi connectivity index (χ0v) is 9.33. The largest absolute Gasteiger partial charge is 0.493 e. The van der Waals surface area contributed by atoms with Gasteiger partial charge in [-0.25, -0.2) is 4.79 Å². The summed E-state index contributed by atoms with van der Waals surface area (Å²) in [6.45, 7) is 6.43. The molecule has 0 radical (unpaired) electrons. The number of hydrogen-bond donors (Lipinski definition) is 1. The van der Waals surface area contributed by atoms with Crippen LogP contribution in [0.3, 0.4) is 0 Å². The van der Waals surface area contributed by atoms with Gasteiger partial charge in [0.1, 0.15) is 5.75 Å². The molecule has 0 atom stereocenters. The highest BCUT2D eigenvalue weighted by Crippen LogP contribution is 2.24. The standard InChI is InChI=1S/C12H16O3/c1-4-5-15-11-8(2)6-10(12(13)14)7-9(11)3/h6-7H,4-5H2,1-3H3,(H,13,14). The summed E-state index contributed by atoms with van der Waals surface area (Å²) in [5.41, 5.74) is 2.07. The van der Waals surface area contributed by atoms with E-state index in [0.717, 1.165) is 23.3 Å². The highest BCUT2D eigenvalue weighted by molar-refractivity contribution is 5.88. The lowest BCUT2D eigenvalue weighted by atomic mass is 10.1. The average molecular weight is 208 g/mol. The number of carboxylic acids is 1. The fraction of sp³-hybridized carbons (Fsp3) is 0.417. The third-order valence-electron chi connectivity index (χ3n) is 2.16. The normalized spacial score (nSPS) is 10.1. The van der Waals surface area contributed by atoms with Gasteiger partial charge in [-0.2, -0.15) is 0 Å². The second-order valence-corrected chi connectivity index (χ2v) is 3.59. The summed E-state index contributed by atoms with van der Waals surface area (Å²) in [4.78, 5) is 10.8. The molecule has 1 N–H and O–H groups in total. The number of carboxylic acid groups (broad SMARTS) is 1. The highest BCUT2D eigenvalue weighted by atomic mass is 16.5. The molecule has 0 saturated heterocycles. The first-order chi connectivity index (χ1) is 7.06. The third-order valence-corrected chi connectivity index (χ3v) is 2.16. The summed E-state index contributed by atoms with van der Waals surface area (Å²) in [5, 5.41) is 8.86. The highest BCUT2D eigenvalue weighted by Gasteiger charge is 2.09. The van der Waals surface area contributed by atoms with Crippen LogP contribution in [0.5, 0.6) is 5.75 Å². The molecule has 0 aliphatic heterocycles. The fourth-order valence-corrected chi connectivity index (χ4v) is 1.51. The quantitative estimate of drug-likeness (QED) is 0.827. The van der Waals surface area contributed by atoms with E-state index >= 15 is 0 Å². The van der Waals surface area contributed by atoms with Crippen LogP contribution in [0.25, 0.3) is 0 Å². The smallest absolute Gasteiger partial charge is 0.335 e. The number of ether oxygens (including phenoxy) is 1. The van der Waals surface area contributed by atoms with Gasteiger partial charge in [0.15, 0.2) is 0 Å². The van der Waals surface area contributed by atoms with Gasteiger partial charge in [-0.15, -0.1) is 0 Å².